The standard InChI is InChI=1S/C33H27N5O3S/c39-28(22-7-3-1-4-8-22)20-35-25-11-12-27-26(19-25)36-33(38(27)21-29(40)23-9-5-2-6-10-23)37-32(41)31-14-13-30(42-31)24-15-17-34-18-16-24/h1-19,29,35,40H,20-21H2,(H,36,37,41)/t29-/m0/s1. The summed E-state index contributed by atoms with van der Waals surface area (Å²) in [6, 6.07) is 31.5. The average molecular weight is 574 g/mol. The number of carbonyl (C=O) groups is 2. The number of anilines is 2. The quantitative estimate of drug-likeness (QED) is 0.163. The molecule has 8 nitrogen and oxygen atoms in total. The highest BCUT2D eigenvalue weighted by molar-refractivity contribution is 7.17. The van der Waals surface area contributed by atoms with Gasteiger partial charge in [-0.1, -0.05) is 60.7 Å². The number of ketones is 1. The molecule has 3 aromatic carbocycles. The van der Waals surface area contributed by atoms with E-state index in [2.05, 4.69) is 15.6 Å². The van der Waals surface area contributed by atoms with Gasteiger partial charge in [-0.25, -0.2) is 4.98 Å². The Morgan fingerprint density at radius 3 is 2.38 bits per heavy atom. The number of benzene rings is 3. The van der Waals surface area contributed by atoms with Gasteiger partial charge in [0, 0.05) is 28.5 Å². The Bertz CT molecular complexity index is 1840. The largest absolute Gasteiger partial charge is 0.387 e. The van der Waals surface area contributed by atoms with Crippen molar-refractivity contribution >= 4 is 45.7 Å². The van der Waals surface area contributed by atoms with E-state index in [1.807, 2.05) is 84.9 Å². The number of Topliss-reactive ketones (excluding diaryl/α,β-unsaturated/α-hetero) is 1. The predicted molar refractivity (Wildman–Crippen MR) is 166 cm³/mol. The lowest BCUT2D eigenvalue weighted by Gasteiger charge is -2.15. The molecule has 0 bridgehead atoms. The molecule has 3 heterocycles. The van der Waals surface area contributed by atoms with E-state index in [0.29, 0.717) is 21.9 Å². The maximum atomic E-state index is 13.3. The van der Waals surface area contributed by atoms with E-state index >= 15 is 0 Å². The highest BCUT2D eigenvalue weighted by atomic mass is 32.1. The van der Waals surface area contributed by atoms with Crippen LogP contribution in [0.25, 0.3) is 21.5 Å². The first-order valence-corrected chi connectivity index (χ1v) is 14.2. The Morgan fingerprint density at radius 1 is 0.881 bits per heavy atom. The van der Waals surface area contributed by atoms with Crippen molar-refractivity contribution in [1.82, 2.24) is 14.5 Å². The van der Waals surface area contributed by atoms with Gasteiger partial charge in [0.15, 0.2) is 5.78 Å². The van der Waals surface area contributed by atoms with E-state index in [0.717, 1.165) is 27.2 Å². The summed E-state index contributed by atoms with van der Waals surface area (Å²) in [6.07, 6.45) is 2.62. The van der Waals surface area contributed by atoms with Crippen LogP contribution in [0.5, 0.6) is 0 Å². The molecule has 1 atom stereocenters. The van der Waals surface area contributed by atoms with Crippen molar-refractivity contribution in [2.45, 2.75) is 12.6 Å². The van der Waals surface area contributed by atoms with Crippen LogP contribution in [-0.2, 0) is 6.54 Å². The molecule has 208 valence electrons. The number of aliphatic hydroxyl groups is 1. The fourth-order valence-corrected chi connectivity index (χ4v) is 5.58. The topological polar surface area (TPSA) is 109 Å². The van der Waals surface area contributed by atoms with Gasteiger partial charge in [0.1, 0.15) is 0 Å². The summed E-state index contributed by atoms with van der Waals surface area (Å²) in [5.41, 5.74) is 4.46. The lowest BCUT2D eigenvalue weighted by molar-refractivity contribution is 0.100. The number of carbonyl (C=O) groups excluding carboxylic acids is 2. The van der Waals surface area contributed by atoms with Crippen LogP contribution in [0.4, 0.5) is 11.6 Å². The van der Waals surface area contributed by atoms with E-state index in [1.165, 1.54) is 11.3 Å². The number of imidazole rings is 1. The summed E-state index contributed by atoms with van der Waals surface area (Å²) in [7, 11) is 0. The minimum atomic E-state index is -0.819. The molecule has 9 heteroatoms. The van der Waals surface area contributed by atoms with Gasteiger partial charge in [-0.05, 0) is 53.6 Å². The van der Waals surface area contributed by atoms with Crippen LogP contribution in [0, 0.1) is 0 Å². The van der Waals surface area contributed by atoms with Crippen molar-refractivity contribution in [3.63, 3.8) is 0 Å². The van der Waals surface area contributed by atoms with Crippen molar-refractivity contribution in [2.24, 2.45) is 0 Å². The molecule has 0 spiro atoms. The zero-order valence-electron chi connectivity index (χ0n) is 22.5. The number of thiophene rings is 1. The molecule has 0 radical (unpaired) electrons. The molecule has 3 aromatic heterocycles. The monoisotopic (exact) mass is 573 g/mol. The summed E-state index contributed by atoms with van der Waals surface area (Å²) >= 11 is 1.38. The van der Waals surface area contributed by atoms with Crippen LogP contribution in [0.2, 0.25) is 0 Å². The van der Waals surface area contributed by atoms with Crippen LogP contribution in [0.15, 0.2) is 116 Å². The second-order valence-electron chi connectivity index (χ2n) is 9.67. The fourth-order valence-electron chi connectivity index (χ4n) is 4.68. The van der Waals surface area contributed by atoms with Crippen LogP contribution >= 0.6 is 11.3 Å². The molecule has 6 aromatic rings. The van der Waals surface area contributed by atoms with Gasteiger partial charge < -0.3 is 15.0 Å². The molecule has 42 heavy (non-hydrogen) atoms. The van der Waals surface area contributed by atoms with Crippen molar-refractivity contribution < 1.29 is 14.7 Å². The second-order valence-corrected chi connectivity index (χ2v) is 10.8. The van der Waals surface area contributed by atoms with Gasteiger partial charge in [0.05, 0.1) is 35.1 Å². The van der Waals surface area contributed by atoms with E-state index < -0.39 is 6.10 Å². The lowest BCUT2D eigenvalue weighted by atomic mass is 10.1. The number of aromatic nitrogens is 3. The molecule has 0 aliphatic carbocycles. The zero-order chi connectivity index (χ0) is 28.9. The molecule has 0 unspecified atom stereocenters. The molecule has 0 saturated carbocycles. The number of pyridine rings is 1. The Hall–Kier alpha value is -5.12. The number of rotatable bonds is 10. The lowest BCUT2D eigenvalue weighted by Crippen LogP contribution is -2.17. The zero-order valence-corrected chi connectivity index (χ0v) is 23.3. The van der Waals surface area contributed by atoms with Gasteiger partial charge in [-0.3, -0.25) is 19.9 Å². The summed E-state index contributed by atoms with van der Waals surface area (Å²) in [6.45, 7) is 0.312. The summed E-state index contributed by atoms with van der Waals surface area (Å²) in [5, 5.41) is 17.2. The van der Waals surface area contributed by atoms with Gasteiger partial charge in [0.2, 0.25) is 5.95 Å². The van der Waals surface area contributed by atoms with Gasteiger partial charge >= 0.3 is 0 Å². The number of fused-ring (bicyclic) bond motifs is 1. The number of hydrogen-bond acceptors (Lipinski definition) is 7. The smallest absolute Gasteiger partial charge is 0.268 e. The van der Waals surface area contributed by atoms with Crippen LogP contribution < -0.4 is 10.6 Å². The van der Waals surface area contributed by atoms with E-state index in [1.54, 1.807) is 35.2 Å². The summed E-state index contributed by atoms with van der Waals surface area (Å²) in [5.74, 6) is 0.00136. The van der Waals surface area contributed by atoms with Gasteiger partial charge in [-0.15, -0.1) is 11.3 Å². The van der Waals surface area contributed by atoms with Crippen molar-refractivity contribution in [3.05, 3.63) is 132 Å². The Balaban J connectivity index is 1.27. The molecule has 3 N–H and O–H groups in total. The third kappa shape index (κ3) is 5.97. The normalized spacial score (nSPS) is 11.7. The Labute approximate surface area is 246 Å². The molecular formula is C33H27N5O3S. The third-order valence-electron chi connectivity index (χ3n) is 6.86. The molecule has 1 amide bonds. The van der Waals surface area contributed by atoms with Crippen molar-refractivity contribution in [2.75, 3.05) is 17.2 Å². The average Bonchev–Trinajstić information content (AvgIpc) is 3.66. The minimum Gasteiger partial charge on any atom is -0.387 e. The Kier molecular flexibility index (Phi) is 7.85. The number of nitrogens with zero attached hydrogens (tertiary/aromatic N) is 3. The van der Waals surface area contributed by atoms with Gasteiger partial charge in [0.25, 0.3) is 5.91 Å². The predicted octanol–water partition coefficient (Wildman–Crippen LogP) is 6.44. The minimum absolute atomic E-state index is 0.0257. The third-order valence-corrected chi connectivity index (χ3v) is 7.99. The molecular weight excluding hydrogens is 546 g/mol. The maximum absolute atomic E-state index is 13.3. The Morgan fingerprint density at radius 2 is 1.62 bits per heavy atom. The van der Waals surface area contributed by atoms with Crippen LogP contribution in [0.3, 0.4) is 0 Å². The number of aliphatic hydroxyl groups excluding tert-OH is 1. The van der Waals surface area contributed by atoms with Crippen molar-refractivity contribution in [3.8, 4) is 10.4 Å². The summed E-state index contributed by atoms with van der Waals surface area (Å²) < 4.78 is 1.81. The highest BCUT2D eigenvalue weighted by Crippen LogP contribution is 2.30. The maximum Gasteiger partial charge on any atom is 0.268 e. The van der Waals surface area contributed by atoms with Crippen LogP contribution in [0.1, 0.15) is 31.7 Å². The molecule has 0 aliphatic heterocycles. The van der Waals surface area contributed by atoms with Crippen molar-refractivity contribution in [1.29, 1.82) is 0 Å². The first-order chi connectivity index (χ1) is 20.5. The molecule has 0 saturated heterocycles. The number of hydrogen-bond donors (Lipinski definition) is 3. The van der Waals surface area contributed by atoms with Gasteiger partial charge in [-0.2, -0.15) is 0 Å². The SMILES string of the molecule is O=C(CNc1ccc2c(c1)nc(NC(=O)c1ccc(-c3ccncc3)s1)n2C[C@H](O)c1ccccc1)c1ccccc1. The fraction of sp³-hybridized carbons (Fsp3) is 0.0909. The first kappa shape index (κ1) is 27.1. The molecule has 0 fully saturated rings. The first-order valence-electron chi connectivity index (χ1n) is 13.4. The highest BCUT2D eigenvalue weighted by Gasteiger charge is 2.19. The van der Waals surface area contributed by atoms with E-state index in [-0.39, 0.29) is 24.8 Å². The van der Waals surface area contributed by atoms with E-state index in [9.17, 15) is 14.7 Å². The second kappa shape index (κ2) is 12.2. The molecule has 6 rings (SSSR count). The molecule has 0 aliphatic rings. The van der Waals surface area contributed by atoms with E-state index in [4.69, 9.17) is 4.98 Å². The number of nitrogens with one attached hydrogen (secondary N) is 2. The summed E-state index contributed by atoms with van der Waals surface area (Å²) in [4.78, 5) is 36.2. The van der Waals surface area contributed by atoms with Crippen LogP contribution in [-0.4, -0.2) is 37.9 Å². The number of amides is 1.